The normalized spacial score (nSPS) is 10.2. The third-order valence-corrected chi connectivity index (χ3v) is 2.79. The monoisotopic (exact) mass is 292 g/mol. The number of nitrogens with zero attached hydrogens (tertiary/aromatic N) is 1. The first-order chi connectivity index (χ1) is 10.0. The Kier molecular flexibility index (Phi) is 4.34. The highest BCUT2D eigenvalue weighted by molar-refractivity contribution is 5.53. The van der Waals surface area contributed by atoms with Crippen LogP contribution in [-0.2, 0) is 6.54 Å². The van der Waals surface area contributed by atoms with Gasteiger partial charge in [0, 0.05) is 12.6 Å². The van der Waals surface area contributed by atoms with Crippen LogP contribution >= 0.6 is 0 Å². The lowest BCUT2D eigenvalue weighted by atomic mass is 10.2. The Labute approximate surface area is 120 Å². The van der Waals surface area contributed by atoms with E-state index in [-0.39, 0.29) is 11.5 Å². The summed E-state index contributed by atoms with van der Waals surface area (Å²) in [6.45, 7) is 0.312. The molecule has 0 radical (unpaired) electrons. The molecule has 0 heterocycles. The van der Waals surface area contributed by atoms with Gasteiger partial charge in [0.05, 0.1) is 18.1 Å². The summed E-state index contributed by atoms with van der Waals surface area (Å²) in [6, 6.07) is 8.69. The highest BCUT2D eigenvalue weighted by atomic mass is 19.1. The van der Waals surface area contributed by atoms with E-state index in [2.05, 4.69) is 0 Å². The first kappa shape index (κ1) is 14.7. The van der Waals surface area contributed by atoms with Crippen LogP contribution in [0.4, 0.5) is 10.1 Å². The molecule has 0 unspecified atom stereocenters. The zero-order valence-electron chi connectivity index (χ0n) is 11.2. The van der Waals surface area contributed by atoms with Crippen molar-refractivity contribution in [3.05, 3.63) is 57.9 Å². The van der Waals surface area contributed by atoms with Crippen LogP contribution in [0.2, 0.25) is 0 Å². The Bertz CT molecular complexity index is 676. The predicted molar refractivity (Wildman–Crippen MR) is 74.0 cm³/mol. The van der Waals surface area contributed by atoms with Crippen molar-refractivity contribution >= 4 is 5.69 Å². The van der Waals surface area contributed by atoms with Gasteiger partial charge in [-0.15, -0.1) is 0 Å². The highest BCUT2D eigenvalue weighted by Crippen LogP contribution is 2.36. The van der Waals surface area contributed by atoms with E-state index in [0.29, 0.717) is 12.3 Å². The quantitative estimate of drug-likeness (QED) is 0.676. The minimum Gasteiger partial charge on any atom is -0.494 e. The van der Waals surface area contributed by atoms with Crippen molar-refractivity contribution in [2.24, 2.45) is 5.73 Å². The molecule has 2 N–H and O–H groups in total. The number of nitro benzene ring substituents is 1. The lowest BCUT2D eigenvalue weighted by Crippen LogP contribution is -1.99. The number of nitro groups is 1. The number of benzene rings is 2. The molecular weight excluding hydrogens is 279 g/mol. The van der Waals surface area contributed by atoms with E-state index in [9.17, 15) is 14.5 Å². The van der Waals surface area contributed by atoms with E-state index < -0.39 is 16.4 Å². The number of nitrogens with two attached hydrogens (primary N) is 1. The van der Waals surface area contributed by atoms with Gasteiger partial charge in [0.2, 0.25) is 5.75 Å². The molecule has 6 nitrogen and oxygen atoms in total. The first-order valence-electron chi connectivity index (χ1n) is 6.04. The molecule has 0 aliphatic heterocycles. The molecule has 0 aliphatic carbocycles. The molecule has 0 amide bonds. The average molecular weight is 292 g/mol. The summed E-state index contributed by atoms with van der Waals surface area (Å²) in [5.74, 6) is -0.694. The fourth-order valence-electron chi connectivity index (χ4n) is 1.77. The van der Waals surface area contributed by atoms with Crippen molar-refractivity contribution in [2.75, 3.05) is 7.11 Å². The first-order valence-corrected chi connectivity index (χ1v) is 6.04. The van der Waals surface area contributed by atoms with E-state index in [1.54, 1.807) is 24.3 Å². The SMILES string of the molecule is COc1cc(Oc2cccc(CN)c2)c([N+](=O)[O-])cc1F. The topological polar surface area (TPSA) is 87.6 Å². The Morgan fingerprint density at radius 2 is 2.05 bits per heavy atom. The summed E-state index contributed by atoms with van der Waals surface area (Å²) in [7, 11) is 1.27. The van der Waals surface area contributed by atoms with E-state index in [1.807, 2.05) is 0 Å². The van der Waals surface area contributed by atoms with Crippen LogP contribution in [0.5, 0.6) is 17.2 Å². The van der Waals surface area contributed by atoms with Crippen LogP contribution in [-0.4, -0.2) is 12.0 Å². The molecule has 0 fully saturated rings. The summed E-state index contributed by atoms with van der Waals surface area (Å²) in [5.41, 5.74) is 5.85. The molecule has 0 aliphatic rings. The lowest BCUT2D eigenvalue weighted by Gasteiger charge is -2.09. The van der Waals surface area contributed by atoms with Crippen LogP contribution in [0.1, 0.15) is 5.56 Å². The van der Waals surface area contributed by atoms with Gasteiger partial charge in [-0.05, 0) is 17.7 Å². The molecule has 2 aromatic carbocycles. The standard InChI is InChI=1S/C14H13FN2O4/c1-20-13-7-14(12(17(18)19)6-11(13)15)21-10-4-2-3-9(5-10)8-16/h2-7H,8,16H2,1H3. The zero-order valence-corrected chi connectivity index (χ0v) is 11.2. The predicted octanol–water partition coefficient (Wildman–Crippen LogP) is 2.99. The maximum atomic E-state index is 13.5. The molecule has 0 atom stereocenters. The second-order valence-electron chi connectivity index (χ2n) is 4.17. The number of rotatable bonds is 5. The number of hydrogen-bond acceptors (Lipinski definition) is 5. The molecule has 110 valence electrons. The lowest BCUT2D eigenvalue weighted by molar-refractivity contribution is -0.385. The fourth-order valence-corrected chi connectivity index (χ4v) is 1.77. The molecule has 0 saturated carbocycles. The number of halogens is 1. The maximum absolute atomic E-state index is 13.5. The second-order valence-corrected chi connectivity index (χ2v) is 4.17. The van der Waals surface area contributed by atoms with Crippen molar-refractivity contribution in [3.8, 4) is 17.2 Å². The van der Waals surface area contributed by atoms with E-state index in [4.69, 9.17) is 15.2 Å². The van der Waals surface area contributed by atoms with Gasteiger partial charge in [0.1, 0.15) is 5.75 Å². The number of ether oxygens (including phenoxy) is 2. The van der Waals surface area contributed by atoms with Gasteiger partial charge in [-0.1, -0.05) is 12.1 Å². The molecule has 7 heteroatoms. The molecule has 2 aromatic rings. The van der Waals surface area contributed by atoms with Crippen molar-refractivity contribution in [1.29, 1.82) is 0 Å². The number of methoxy groups -OCH3 is 1. The minimum absolute atomic E-state index is 0.104. The van der Waals surface area contributed by atoms with Crippen molar-refractivity contribution < 1.29 is 18.8 Å². The Morgan fingerprint density at radius 3 is 2.67 bits per heavy atom. The van der Waals surface area contributed by atoms with Gasteiger partial charge < -0.3 is 15.2 Å². The van der Waals surface area contributed by atoms with Gasteiger partial charge in [-0.2, -0.15) is 0 Å². The van der Waals surface area contributed by atoms with Crippen molar-refractivity contribution in [3.63, 3.8) is 0 Å². The maximum Gasteiger partial charge on any atom is 0.314 e. The molecule has 0 spiro atoms. The molecule has 2 rings (SSSR count). The minimum atomic E-state index is -0.827. The third kappa shape index (κ3) is 3.26. The van der Waals surface area contributed by atoms with E-state index >= 15 is 0 Å². The zero-order chi connectivity index (χ0) is 15.4. The summed E-state index contributed by atoms with van der Waals surface area (Å²) < 4.78 is 23.8. The highest BCUT2D eigenvalue weighted by Gasteiger charge is 2.21. The summed E-state index contributed by atoms with van der Waals surface area (Å²) in [6.07, 6.45) is 0. The van der Waals surface area contributed by atoms with Crippen LogP contribution in [0.15, 0.2) is 36.4 Å². The van der Waals surface area contributed by atoms with Crippen molar-refractivity contribution in [1.82, 2.24) is 0 Å². The van der Waals surface area contributed by atoms with E-state index in [0.717, 1.165) is 17.7 Å². The van der Waals surface area contributed by atoms with Crippen LogP contribution < -0.4 is 15.2 Å². The van der Waals surface area contributed by atoms with Gasteiger partial charge in [-0.25, -0.2) is 4.39 Å². The van der Waals surface area contributed by atoms with Crippen LogP contribution in [0.25, 0.3) is 0 Å². The largest absolute Gasteiger partial charge is 0.494 e. The Balaban J connectivity index is 2.43. The Morgan fingerprint density at radius 1 is 1.29 bits per heavy atom. The average Bonchev–Trinajstić information content (AvgIpc) is 2.48. The Hall–Kier alpha value is -2.67. The summed E-state index contributed by atoms with van der Waals surface area (Å²) >= 11 is 0. The van der Waals surface area contributed by atoms with Gasteiger partial charge >= 0.3 is 5.69 Å². The molecular formula is C14H13FN2O4. The fraction of sp³-hybridized carbons (Fsp3) is 0.143. The summed E-state index contributed by atoms with van der Waals surface area (Å²) in [5, 5.41) is 11.0. The van der Waals surface area contributed by atoms with Gasteiger partial charge in [0.15, 0.2) is 11.6 Å². The number of hydrogen-bond donors (Lipinski definition) is 1. The smallest absolute Gasteiger partial charge is 0.314 e. The van der Waals surface area contributed by atoms with Gasteiger partial charge in [-0.3, -0.25) is 10.1 Å². The van der Waals surface area contributed by atoms with Crippen molar-refractivity contribution in [2.45, 2.75) is 6.54 Å². The second kappa shape index (κ2) is 6.19. The molecule has 0 bridgehead atoms. The molecule has 0 aromatic heterocycles. The van der Waals surface area contributed by atoms with Gasteiger partial charge in [0.25, 0.3) is 0 Å². The summed E-state index contributed by atoms with van der Waals surface area (Å²) in [4.78, 5) is 10.3. The van der Waals surface area contributed by atoms with Crippen LogP contribution in [0.3, 0.4) is 0 Å². The molecule has 21 heavy (non-hydrogen) atoms. The third-order valence-electron chi connectivity index (χ3n) is 2.79. The molecule has 0 saturated heterocycles. The van der Waals surface area contributed by atoms with E-state index in [1.165, 1.54) is 7.11 Å². The van der Waals surface area contributed by atoms with Crippen LogP contribution in [0, 0.1) is 15.9 Å².